The van der Waals surface area contributed by atoms with Gasteiger partial charge in [0.2, 0.25) is 10.0 Å². The Bertz CT molecular complexity index is 796. The summed E-state index contributed by atoms with van der Waals surface area (Å²) >= 11 is 0. The molecule has 0 radical (unpaired) electrons. The minimum absolute atomic E-state index is 0.0199. The Morgan fingerprint density at radius 3 is 2.59 bits per heavy atom. The number of carbonyl (C=O) groups is 1. The van der Waals surface area contributed by atoms with Crippen molar-refractivity contribution >= 4 is 16.0 Å². The number of benzene rings is 1. The van der Waals surface area contributed by atoms with Crippen LogP contribution in [0.25, 0.3) is 0 Å². The van der Waals surface area contributed by atoms with Crippen LogP contribution < -0.4 is 0 Å². The smallest absolute Gasteiger partial charge is 0.416 e. The van der Waals surface area contributed by atoms with Crippen molar-refractivity contribution in [2.75, 3.05) is 33.0 Å². The predicted octanol–water partition coefficient (Wildman–Crippen LogP) is 2.35. The number of likely N-dealkylation sites (tertiary alicyclic amines) is 1. The van der Waals surface area contributed by atoms with Crippen molar-refractivity contribution in [3.05, 3.63) is 34.9 Å². The van der Waals surface area contributed by atoms with Gasteiger partial charge in [0, 0.05) is 32.7 Å². The molecule has 10 heteroatoms. The van der Waals surface area contributed by atoms with E-state index in [0.29, 0.717) is 19.5 Å². The van der Waals surface area contributed by atoms with E-state index in [4.69, 9.17) is 4.74 Å². The van der Waals surface area contributed by atoms with Gasteiger partial charge in [0.05, 0.1) is 24.0 Å². The van der Waals surface area contributed by atoms with Gasteiger partial charge >= 0.3 is 12.1 Å². The van der Waals surface area contributed by atoms with E-state index < -0.39 is 27.7 Å². The van der Waals surface area contributed by atoms with Crippen LogP contribution in [0.4, 0.5) is 13.2 Å². The second kappa shape index (κ2) is 8.15. The first-order chi connectivity index (χ1) is 12.4. The summed E-state index contributed by atoms with van der Waals surface area (Å²) < 4.78 is 69.7. The molecule has 152 valence electrons. The summed E-state index contributed by atoms with van der Waals surface area (Å²) in [6.45, 7) is 2.51. The van der Waals surface area contributed by atoms with Crippen molar-refractivity contribution in [2.24, 2.45) is 0 Å². The fourth-order valence-corrected chi connectivity index (χ4v) is 3.80. The molecule has 6 nitrogen and oxygen atoms in total. The Kier molecular flexibility index (Phi) is 6.54. The second-order valence-corrected chi connectivity index (χ2v) is 8.59. The number of alkyl halides is 3. The zero-order valence-electron chi connectivity index (χ0n) is 15.4. The number of hydrogen-bond acceptors (Lipinski definition) is 5. The Hall–Kier alpha value is -1.65. The van der Waals surface area contributed by atoms with Crippen molar-refractivity contribution in [2.45, 2.75) is 32.1 Å². The van der Waals surface area contributed by atoms with E-state index in [2.05, 4.69) is 0 Å². The zero-order valence-corrected chi connectivity index (χ0v) is 16.2. The Morgan fingerprint density at radius 1 is 1.37 bits per heavy atom. The van der Waals surface area contributed by atoms with Gasteiger partial charge in [-0.1, -0.05) is 6.07 Å². The topological polar surface area (TPSA) is 66.9 Å². The molecule has 2 rings (SSSR count). The van der Waals surface area contributed by atoms with Gasteiger partial charge in [-0.2, -0.15) is 13.2 Å². The maximum absolute atomic E-state index is 13.5. The van der Waals surface area contributed by atoms with Crippen molar-refractivity contribution in [1.29, 1.82) is 0 Å². The summed E-state index contributed by atoms with van der Waals surface area (Å²) in [5.41, 5.74) is -0.991. The molecule has 0 aromatic heterocycles. The molecule has 0 amide bonds. The lowest BCUT2D eigenvalue weighted by Crippen LogP contribution is -2.38. The average Bonchev–Trinajstić information content (AvgIpc) is 3.01. The molecule has 0 bridgehead atoms. The van der Waals surface area contributed by atoms with Crippen LogP contribution >= 0.6 is 0 Å². The number of halogens is 3. The minimum atomic E-state index is -4.61. The number of esters is 1. The highest BCUT2D eigenvalue weighted by Gasteiger charge is 2.36. The lowest BCUT2D eigenvalue weighted by atomic mass is 10.0. The molecule has 1 atom stereocenters. The molecule has 27 heavy (non-hydrogen) atoms. The highest BCUT2D eigenvalue weighted by molar-refractivity contribution is 7.88. The quantitative estimate of drug-likeness (QED) is 0.676. The van der Waals surface area contributed by atoms with E-state index in [-0.39, 0.29) is 30.3 Å². The third-order valence-electron chi connectivity index (χ3n) is 4.61. The molecule has 1 fully saturated rings. The van der Waals surface area contributed by atoms with Crippen molar-refractivity contribution < 1.29 is 31.1 Å². The van der Waals surface area contributed by atoms with Gasteiger partial charge in [0.1, 0.15) is 0 Å². The summed E-state index contributed by atoms with van der Waals surface area (Å²) in [6.07, 6.45) is -2.96. The number of carbonyl (C=O) groups excluding carboxylic acids is 1. The monoisotopic (exact) mass is 408 g/mol. The molecule has 1 aromatic carbocycles. The first-order valence-corrected chi connectivity index (χ1v) is 10.3. The normalized spacial score (nSPS) is 18.9. The molecular weight excluding hydrogens is 385 g/mol. The molecule has 1 heterocycles. The SMILES string of the molecule is CCOC(=O)c1ccc(CN2CC[C@@H](N(C)S(C)(=O)=O)C2)c(C(F)(F)F)c1. The number of likely N-dealkylation sites (N-methyl/N-ethyl adjacent to an activating group) is 1. The minimum Gasteiger partial charge on any atom is -0.462 e. The lowest BCUT2D eigenvalue weighted by molar-refractivity contribution is -0.138. The van der Waals surface area contributed by atoms with Gasteiger partial charge in [0.25, 0.3) is 0 Å². The van der Waals surface area contributed by atoms with E-state index in [1.165, 1.54) is 23.5 Å². The predicted molar refractivity (Wildman–Crippen MR) is 93.7 cm³/mol. The standard InChI is InChI=1S/C17H23F3N2O4S/c1-4-26-16(23)12-5-6-13(15(9-12)17(18,19)20)10-22-8-7-14(11-22)21(2)27(3,24)25/h5-6,9,14H,4,7-8,10-11H2,1-3H3/t14-/m1/s1. The molecule has 0 saturated carbocycles. The molecule has 1 saturated heterocycles. The van der Waals surface area contributed by atoms with E-state index >= 15 is 0 Å². The molecule has 1 aromatic rings. The van der Waals surface area contributed by atoms with Gasteiger partial charge < -0.3 is 4.74 Å². The maximum Gasteiger partial charge on any atom is 0.416 e. The van der Waals surface area contributed by atoms with Crippen molar-refractivity contribution in [3.8, 4) is 0 Å². The van der Waals surface area contributed by atoms with Crippen LogP contribution in [0.2, 0.25) is 0 Å². The van der Waals surface area contributed by atoms with Gasteiger partial charge in [-0.05, 0) is 31.0 Å². The number of ether oxygens (including phenoxy) is 1. The average molecular weight is 408 g/mol. The summed E-state index contributed by atoms with van der Waals surface area (Å²) in [4.78, 5) is 13.5. The highest BCUT2D eigenvalue weighted by Crippen LogP contribution is 2.34. The summed E-state index contributed by atoms with van der Waals surface area (Å²) in [5.74, 6) is -0.800. The molecular formula is C17H23F3N2O4S. The number of hydrogen-bond donors (Lipinski definition) is 0. The molecule has 0 N–H and O–H groups in total. The van der Waals surface area contributed by atoms with Crippen LogP contribution in [-0.4, -0.2) is 62.6 Å². The van der Waals surface area contributed by atoms with Crippen LogP contribution in [0, 0.1) is 0 Å². The third-order valence-corrected chi connectivity index (χ3v) is 5.95. The summed E-state index contributed by atoms with van der Waals surface area (Å²) in [7, 11) is -1.89. The highest BCUT2D eigenvalue weighted by atomic mass is 32.2. The Balaban J connectivity index is 2.20. The summed E-state index contributed by atoms with van der Waals surface area (Å²) in [6, 6.07) is 3.14. The van der Waals surface area contributed by atoms with Gasteiger partial charge in [-0.3, -0.25) is 4.90 Å². The molecule has 1 aliphatic heterocycles. The van der Waals surface area contributed by atoms with Crippen LogP contribution in [0.5, 0.6) is 0 Å². The Morgan fingerprint density at radius 2 is 2.04 bits per heavy atom. The molecule has 0 unspecified atom stereocenters. The second-order valence-electron chi connectivity index (χ2n) is 6.55. The fraction of sp³-hybridized carbons (Fsp3) is 0.588. The first kappa shape index (κ1) is 21.6. The fourth-order valence-electron chi connectivity index (χ4n) is 3.08. The number of rotatable bonds is 6. The number of nitrogens with zero attached hydrogens (tertiary/aromatic N) is 2. The van der Waals surface area contributed by atoms with Crippen LogP contribution in [0.3, 0.4) is 0 Å². The molecule has 0 spiro atoms. The Labute approximate surface area is 156 Å². The van der Waals surface area contributed by atoms with Crippen molar-refractivity contribution in [3.63, 3.8) is 0 Å². The largest absolute Gasteiger partial charge is 0.462 e. The van der Waals surface area contributed by atoms with Crippen LogP contribution in [0.1, 0.15) is 34.8 Å². The molecule has 0 aliphatic carbocycles. The molecule has 1 aliphatic rings. The van der Waals surface area contributed by atoms with Gasteiger partial charge in [0.15, 0.2) is 0 Å². The lowest BCUT2D eigenvalue weighted by Gasteiger charge is -2.23. The zero-order chi connectivity index (χ0) is 20.4. The van der Waals surface area contributed by atoms with Crippen LogP contribution in [0.15, 0.2) is 18.2 Å². The van der Waals surface area contributed by atoms with Gasteiger partial charge in [-0.25, -0.2) is 17.5 Å². The van der Waals surface area contributed by atoms with E-state index in [1.54, 1.807) is 11.8 Å². The van der Waals surface area contributed by atoms with Crippen LogP contribution in [-0.2, 0) is 27.5 Å². The van der Waals surface area contributed by atoms with E-state index in [0.717, 1.165) is 12.3 Å². The maximum atomic E-state index is 13.5. The van der Waals surface area contributed by atoms with Gasteiger partial charge in [-0.15, -0.1) is 0 Å². The van der Waals surface area contributed by atoms with E-state index in [1.807, 2.05) is 0 Å². The first-order valence-electron chi connectivity index (χ1n) is 8.46. The number of sulfonamides is 1. The van der Waals surface area contributed by atoms with E-state index in [9.17, 15) is 26.4 Å². The third kappa shape index (κ3) is 5.43. The van der Waals surface area contributed by atoms with Crippen molar-refractivity contribution in [1.82, 2.24) is 9.21 Å². The summed E-state index contributed by atoms with van der Waals surface area (Å²) in [5, 5.41) is 0.